The van der Waals surface area contributed by atoms with Crippen molar-refractivity contribution >= 4 is 17.6 Å². The molecule has 1 amide bonds. The molecule has 1 aliphatic carbocycles. The molecule has 1 aliphatic rings. The molecular weight excluding hydrogens is 492 g/mol. The van der Waals surface area contributed by atoms with Gasteiger partial charge >= 0.3 is 5.97 Å². The van der Waals surface area contributed by atoms with Gasteiger partial charge in [-0.3, -0.25) is 9.59 Å². The lowest BCUT2D eigenvalue weighted by Crippen LogP contribution is -2.29. The monoisotopic (exact) mass is 532 g/mol. The van der Waals surface area contributed by atoms with Crippen molar-refractivity contribution in [2.75, 3.05) is 32.6 Å². The third-order valence-corrected chi connectivity index (χ3v) is 7.48. The maximum Gasteiger partial charge on any atom is 0.307 e. The molecule has 0 spiro atoms. The van der Waals surface area contributed by atoms with Gasteiger partial charge in [0.25, 0.3) is 5.91 Å². The molecule has 4 rings (SSSR count). The van der Waals surface area contributed by atoms with Gasteiger partial charge in [0.05, 0.1) is 31.9 Å². The summed E-state index contributed by atoms with van der Waals surface area (Å²) in [5, 5.41) is 8.64. The topological polar surface area (TPSA) is 85.7 Å². The Bertz CT molecular complexity index is 1250. The number of hydrogen-bond acceptors (Lipinski definition) is 6. The summed E-state index contributed by atoms with van der Waals surface area (Å²) in [4.78, 5) is 26.1. The summed E-state index contributed by atoms with van der Waals surface area (Å²) < 4.78 is 12.5. The van der Waals surface area contributed by atoms with E-state index in [1.54, 1.807) is 26.0 Å². The number of nitrogens with zero attached hydrogens (tertiary/aromatic N) is 3. The van der Waals surface area contributed by atoms with Crippen molar-refractivity contribution in [1.82, 2.24) is 14.7 Å². The number of carbonyl (C=O) groups excluding carboxylic acids is 2. The van der Waals surface area contributed by atoms with Crippen LogP contribution in [0, 0.1) is 12.8 Å². The number of esters is 1. The molecule has 1 aromatic heterocycles. The van der Waals surface area contributed by atoms with Crippen LogP contribution in [-0.2, 0) is 9.53 Å². The highest BCUT2D eigenvalue weighted by Crippen LogP contribution is 2.38. The van der Waals surface area contributed by atoms with Crippen LogP contribution in [0.4, 0.5) is 5.69 Å². The number of benzene rings is 2. The molecule has 1 saturated carbocycles. The van der Waals surface area contributed by atoms with Crippen molar-refractivity contribution in [3.05, 3.63) is 71.5 Å². The molecule has 0 bridgehead atoms. The lowest BCUT2D eigenvalue weighted by atomic mass is 9.81. The van der Waals surface area contributed by atoms with E-state index >= 15 is 0 Å². The van der Waals surface area contributed by atoms with Gasteiger partial charge < -0.3 is 19.7 Å². The van der Waals surface area contributed by atoms with Crippen LogP contribution in [0.2, 0.25) is 0 Å². The maximum absolute atomic E-state index is 12.9. The number of aryl methyl sites for hydroxylation is 1. The Hall–Kier alpha value is -3.81. The van der Waals surface area contributed by atoms with Crippen molar-refractivity contribution in [1.29, 1.82) is 0 Å². The molecule has 8 nitrogen and oxygen atoms in total. The van der Waals surface area contributed by atoms with Crippen molar-refractivity contribution in [2.45, 2.75) is 58.4 Å². The summed E-state index contributed by atoms with van der Waals surface area (Å²) in [5.74, 6) is 0.850. The fourth-order valence-electron chi connectivity index (χ4n) is 5.34. The number of hydrogen-bond donors (Lipinski definition) is 1. The molecule has 1 fully saturated rings. The molecule has 0 aliphatic heterocycles. The van der Waals surface area contributed by atoms with E-state index in [2.05, 4.69) is 18.4 Å². The Balaban J connectivity index is 1.53. The SMILES string of the molecule is CCOC(=O)CCN(C)C(=O)c1ccc(NC(c2cn(-c3ccccc3OC)nc2C)C2CCCCC2)cc1. The molecule has 1 atom stereocenters. The van der Waals surface area contributed by atoms with Gasteiger partial charge in [-0.2, -0.15) is 5.10 Å². The van der Waals surface area contributed by atoms with Crippen molar-refractivity contribution in [3.8, 4) is 11.4 Å². The predicted octanol–water partition coefficient (Wildman–Crippen LogP) is 5.95. The number of carbonyl (C=O) groups is 2. The quantitative estimate of drug-likeness (QED) is 0.307. The first kappa shape index (κ1) is 28.2. The average molecular weight is 533 g/mol. The number of aromatic nitrogens is 2. The van der Waals surface area contributed by atoms with E-state index in [-0.39, 0.29) is 24.3 Å². The molecule has 0 saturated heterocycles. The third kappa shape index (κ3) is 6.99. The van der Waals surface area contributed by atoms with Crippen LogP contribution in [-0.4, -0.2) is 53.9 Å². The van der Waals surface area contributed by atoms with E-state index in [9.17, 15) is 9.59 Å². The molecule has 3 aromatic rings. The van der Waals surface area contributed by atoms with Crippen LogP contribution in [0.15, 0.2) is 54.7 Å². The Kier molecular flexibility index (Phi) is 9.63. The highest BCUT2D eigenvalue weighted by Gasteiger charge is 2.28. The van der Waals surface area contributed by atoms with E-state index < -0.39 is 0 Å². The van der Waals surface area contributed by atoms with E-state index in [1.807, 2.05) is 53.2 Å². The highest BCUT2D eigenvalue weighted by atomic mass is 16.5. The standard InChI is InChI=1S/C31H40N4O4/c1-5-39-29(36)19-20-34(3)31(37)24-15-17-25(18-16-24)32-30(23-11-7-6-8-12-23)26-21-35(33-22(26)2)27-13-9-10-14-28(27)38-4/h9-10,13-18,21,23,30,32H,5-8,11-12,19-20H2,1-4H3. The van der Waals surface area contributed by atoms with Gasteiger partial charge in [0, 0.05) is 36.6 Å². The zero-order valence-electron chi connectivity index (χ0n) is 23.5. The van der Waals surface area contributed by atoms with Gasteiger partial charge in [-0.05, 0) is 69.0 Å². The zero-order valence-corrected chi connectivity index (χ0v) is 23.5. The van der Waals surface area contributed by atoms with Crippen molar-refractivity contribution in [2.24, 2.45) is 5.92 Å². The summed E-state index contributed by atoms with van der Waals surface area (Å²) in [6.07, 6.45) is 8.37. The third-order valence-electron chi connectivity index (χ3n) is 7.48. The lowest BCUT2D eigenvalue weighted by Gasteiger charge is -2.31. The summed E-state index contributed by atoms with van der Waals surface area (Å²) in [5.41, 5.74) is 4.61. The predicted molar refractivity (Wildman–Crippen MR) is 152 cm³/mol. The number of nitrogens with one attached hydrogen (secondary N) is 1. The Morgan fingerprint density at radius 2 is 1.82 bits per heavy atom. The second-order valence-electron chi connectivity index (χ2n) is 10.2. The average Bonchev–Trinajstić information content (AvgIpc) is 3.36. The number of amides is 1. The number of ether oxygens (including phenoxy) is 2. The van der Waals surface area contributed by atoms with Gasteiger partial charge in [0.2, 0.25) is 0 Å². The minimum absolute atomic E-state index is 0.0996. The van der Waals surface area contributed by atoms with Crippen molar-refractivity contribution in [3.63, 3.8) is 0 Å². The van der Waals surface area contributed by atoms with Gasteiger partial charge in [-0.25, -0.2) is 4.68 Å². The minimum Gasteiger partial charge on any atom is -0.494 e. The first-order valence-corrected chi connectivity index (χ1v) is 13.9. The second-order valence-corrected chi connectivity index (χ2v) is 10.2. The largest absolute Gasteiger partial charge is 0.494 e. The zero-order chi connectivity index (χ0) is 27.8. The number of para-hydroxylation sites is 2. The first-order valence-electron chi connectivity index (χ1n) is 13.9. The van der Waals surface area contributed by atoms with Crippen LogP contribution in [0.1, 0.15) is 73.1 Å². The van der Waals surface area contributed by atoms with Crippen LogP contribution in [0.5, 0.6) is 5.75 Å². The normalized spacial score (nSPS) is 14.5. The summed E-state index contributed by atoms with van der Waals surface area (Å²) in [6, 6.07) is 15.6. The van der Waals surface area contributed by atoms with Crippen LogP contribution < -0.4 is 10.1 Å². The summed E-state index contributed by atoms with van der Waals surface area (Å²) in [6.45, 7) is 4.49. The number of rotatable bonds is 11. The van der Waals surface area contributed by atoms with E-state index in [0.717, 1.165) is 22.8 Å². The smallest absolute Gasteiger partial charge is 0.307 e. The van der Waals surface area contributed by atoms with Gasteiger partial charge in [-0.15, -0.1) is 0 Å². The van der Waals surface area contributed by atoms with Crippen LogP contribution in [0.3, 0.4) is 0 Å². The maximum atomic E-state index is 12.9. The van der Waals surface area contributed by atoms with E-state index in [4.69, 9.17) is 14.6 Å². The molecule has 0 radical (unpaired) electrons. The fourth-order valence-corrected chi connectivity index (χ4v) is 5.34. The molecular formula is C31H40N4O4. The molecule has 208 valence electrons. The first-order chi connectivity index (χ1) is 18.9. The van der Waals surface area contributed by atoms with E-state index in [0.29, 0.717) is 24.6 Å². The number of anilines is 1. The molecule has 1 unspecified atom stereocenters. The van der Waals surface area contributed by atoms with E-state index in [1.165, 1.54) is 37.7 Å². The lowest BCUT2D eigenvalue weighted by molar-refractivity contribution is -0.143. The Morgan fingerprint density at radius 1 is 1.10 bits per heavy atom. The summed E-state index contributed by atoms with van der Waals surface area (Å²) in [7, 11) is 3.38. The number of methoxy groups -OCH3 is 1. The van der Waals surface area contributed by atoms with Gasteiger partial charge in [0.15, 0.2) is 0 Å². The Morgan fingerprint density at radius 3 is 2.51 bits per heavy atom. The second kappa shape index (κ2) is 13.3. The minimum atomic E-state index is -0.297. The molecule has 2 aromatic carbocycles. The van der Waals surface area contributed by atoms with Gasteiger partial charge in [0.1, 0.15) is 11.4 Å². The Labute approximate surface area is 231 Å². The summed E-state index contributed by atoms with van der Waals surface area (Å²) >= 11 is 0. The fraction of sp³-hybridized carbons (Fsp3) is 0.452. The molecule has 8 heteroatoms. The van der Waals surface area contributed by atoms with Crippen LogP contribution in [0.25, 0.3) is 5.69 Å². The van der Waals surface area contributed by atoms with Gasteiger partial charge in [-0.1, -0.05) is 31.4 Å². The highest BCUT2D eigenvalue weighted by molar-refractivity contribution is 5.94. The molecule has 1 N–H and O–H groups in total. The van der Waals surface area contributed by atoms with Crippen molar-refractivity contribution < 1.29 is 19.1 Å². The van der Waals surface area contributed by atoms with Crippen LogP contribution >= 0.6 is 0 Å². The molecule has 39 heavy (non-hydrogen) atoms. The molecule has 1 heterocycles.